The third kappa shape index (κ3) is 4.10. The molecule has 5 heterocycles. The number of hydrogen-bond donors (Lipinski definition) is 3. The van der Waals surface area contributed by atoms with E-state index in [0.29, 0.717) is 17.9 Å². The molecule has 4 amide bonds. The predicted molar refractivity (Wildman–Crippen MR) is 153 cm³/mol. The fourth-order valence-corrected chi connectivity index (χ4v) is 6.47. The molecule has 11 nitrogen and oxygen atoms in total. The van der Waals surface area contributed by atoms with Gasteiger partial charge in [-0.15, -0.1) is 0 Å². The van der Waals surface area contributed by atoms with E-state index in [-0.39, 0.29) is 29.9 Å². The second-order valence-corrected chi connectivity index (χ2v) is 11.9. The molecule has 8 rings (SSSR count). The molecule has 2 aliphatic heterocycles. The van der Waals surface area contributed by atoms with Crippen LogP contribution in [0.3, 0.4) is 0 Å². The van der Waals surface area contributed by atoms with E-state index in [1.54, 1.807) is 18.2 Å². The van der Waals surface area contributed by atoms with E-state index in [2.05, 4.69) is 38.6 Å². The van der Waals surface area contributed by atoms with Crippen LogP contribution in [0.4, 0.5) is 5.69 Å². The van der Waals surface area contributed by atoms with Gasteiger partial charge in [-0.2, -0.15) is 5.10 Å². The van der Waals surface area contributed by atoms with Crippen LogP contribution in [0.2, 0.25) is 0 Å². The van der Waals surface area contributed by atoms with Crippen molar-refractivity contribution >= 4 is 40.2 Å². The van der Waals surface area contributed by atoms with Crippen molar-refractivity contribution in [1.82, 2.24) is 30.0 Å². The Labute approximate surface area is 240 Å². The van der Waals surface area contributed by atoms with Gasteiger partial charge in [-0.25, -0.2) is 0 Å². The molecule has 1 atom stereocenters. The van der Waals surface area contributed by atoms with Crippen LogP contribution in [-0.2, 0) is 9.59 Å². The van der Waals surface area contributed by atoms with Gasteiger partial charge in [0, 0.05) is 47.9 Å². The molecule has 2 saturated carbocycles. The van der Waals surface area contributed by atoms with E-state index in [4.69, 9.17) is 10.1 Å². The first-order valence-corrected chi connectivity index (χ1v) is 14.5. The van der Waals surface area contributed by atoms with Crippen LogP contribution in [-0.4, -0.2) is 60.9 Å². The first-order chi connectivity index (χ1) is 20.4. The molecule has 3 aromatic heterocycles. The topological polar surface area (TPSA) is 142 Å². The van der Waals surface area contributed by atoms with Crippen LogP contribution in [0.15, 0.2) is 48.9 Å². The number of piperidine rings is 1. The highest BCUT2D eigenvalue weighted by atomic mass is 16.2. The van der Waals surface area contributed by atoms with Crippen LogP contribution in [0.1, 0.15) is 76.9 Å². The number of amides is 4. The third-order valence-electron chi connectivity index (χ3n) is 9.06. The number of carbonyl (C=O) groups excluding carboxylic acids is 4. The summed E-state index contributed by atoms with van der Waals surface area (Å²) in [4.78, 5) is 58.8. The van der Waals surface area contributed by atoms with E-state index in [1.165, 1.54) is 12.8 Å². The van der Waals surface area contributed by atoms with Crippen molar-refractivity contribution in [3.63, 3.8) is 0 Å². The molecule has 3 N–H and O–H groups in total. The van der Waals surface area contributed by atoms with Gasteiger partial charge in [0.1, 0.15) is 6.04 Å². The third-order valence-corrected chi connectivity index (χ3v) is 9.06. The molecule has 4 aromatic rings. The maximum atomic E-state index is 13.1. The SMILES string of the molecule is O=C1CCC(N2C(=O)c3ccc(NCC4CC(n5cc(-c6cc7cc[nH]c7cn6)c(C6CC6)n5)C4)cc3C2=O)C(=O)N1. The summed E-state index contributed by atoms with van der Waals surface area (Å²) < 4.78 is 2.13. The van der Waals surface area contributed by atoms with E-state index in [0.717, 1.165) is 57.8 Å². The quantitative estimate of drug-likeness (QED) is 0.291. The fourth-order valence-electron chi connectivity index (χ4n) is 6.47. The summed E-state index contributed by atoms with van der Waals surface area (Å²) in [6.07, 6.45) is 10.6. The van der Waals surface area contributed by atoms with Crippen LogP contribution >= 0.6 is 0 Å². The standard InChI is InChI=1S/C31H29N7O4/c39-27-6-5-26(29(40)35-27)38-30(41)21-4-3-19(12-22(21)31(38)42)33-13-16-9-20(10-16)37-15-23(28(36-37)17-1-2-17)24-11-18-7-8-32-25(18)14-34-24/h3-4,7-8,11-12,14-17,20,26,32-33H,1-2,5-6,9-10,13H2,(H,35,39,40). The first-order valence-electron chi connectivity index (χ1n) is 14.5. The van der Waals surface area contributed by atoms with Gasteiger partial charge < -0.3 is 10.3 Å². The average molecular weight is 564 g/mol. The Morgan fingerprint density at radius 3 is 2.60 bits per heavy atom. The van der Waals surface area contributed by atoms with Gasteiger partial charge in [-0.3, -0.25) is 39.1 Å². The van der Waals surface area contributed by atoms with Gasteiger partial charge in [0.15, 0.2) is 0 Å². The van der Waals surface area contributed by atoms with Gasteiger partial charge >= 0.3 is 0 Å². The number of carbonyl (C=O) groups is 4. The normalized spacial score (nSPS) is 23.7. The molecular weight excluding hydrogens is 534 g/mol. The smallest absolute Gasteiger partial charge is 0.262 e. The minimum absolute atomic E-state index is 0.0982. The lowest BCUT2D eigenvalue weighted by Crippen LogP contribution is -2.54. The molecule has 1 aromatic carbocycles. The Bertz CT molecular complexity index is 1800. The van der Waals surface area contributed by atoms with Crippen molar-refractivity contribution in [3.05, 3.63) is 65.7 Å². The zero-order chi connectivity index (χ0) is 28.5. The van der Waals surface area contributed by atoms with Gasteiger partial charge in [-0.05, 0) is 68.4 Å². The molecule has 42 heavy (non-hydrogen) atoms. The largest absolute Gasteiger partial charge is 0.385 e. The van der Waals surface area contributed by atoms with E-state index in [1.807, 2.05) is 12.4 Å². The molecule has 212 valence electrons. The van der Waals surface area contributed by atoms with E-state index < -0.39 is 23.8 Å². The Hall–Kier alpha value is -4.80. The molecule has 0 spiro atoms. The maximum absolute atomic E-state index is 13.1. The maximum Gasteiger partial charge on any atom is 0.262 e. The van der Waals surface area contributed by atoms with Gasteiger partial charge in [-0.1, -0.05) is 0 Å². The van der Waals surface area contributed by atoms with E-state index in [9.17, 15) is 19.2 Å². The average Bonchev–Trinajstić information content (AvgIpc) is 3.44. The highest BCUT2D eigenvalue weighted by molar-refractivity contribution is 6.23. The van der Waals surface area contributed by atoms with Gasteiger partial charge in [0.05, 0.1) is 40.3 Å². The van der Waals surface area contributed by atoms with Crippen molar-refractivity contribution in [2.24, 2.45) is 5.92 Å². The zero-order valence-corrected chi connectivity index (χ0v) is 22.8. The van der Waals surface area contributed by atoms with Gasteiger partial charge in [0.2, 0.25) is 11.8 Å². The number of nitrogens with zero attached hydrogens (tertiary/aromatic N) is 4. The number of aromatic nitrogens is 4. The van der Waals surface area contributed by atoms with Crippen molar-refractivity contribution < 1.29 is 19.2 Å². The Kier molecular flexibility index (Phi) is 5.56. The van der Waals surface area contributed by atoms with Gasteiger partial charge in [0.25, 0.3) is 11.8 Å². The number of aromatic amines is 1. The Morgan fingerprint density at radius 2 is 1.79 bits per heavy atom. The van der Waals surface area contributed by atoms with E-state index >= 15 is 0 Å². The molecule has 0 bridgehead atoms. The zero-order valence-electron chi connectivity index (χ0n) is 22.8. The second kappa shape index (κ2) is 9.37. The first kappa shape index (κ1) is 25.0. The molecule has 4 aliphatic rings. The summed E-state index contributed by atoms with van der Waals surface area (Å²) in [5.41, 5.74) is 5.60. The molecular formula is C31H29N7O4. The van der Waals surface area contributed by atoms with Crippen molar-refractivity contribution in [2.75, 3.05) is 11.9 Å². The highest BCUT2D eigenvalue weighted by Crippen LogP contribution is 2.45. The minimum atomic E-state index is -0.964. The van der Waals surface area contributed by atoms with Crippen LogP contribution in [0, 0.1) is 5.92 Å². The predicted octanol–water partition coefficient (Wildman–Crippen LogP) is 3.77. The summed E-state index contributed by atoms with van der Waals surface area (Å²) in [6.45, 7) is 0.740. The molecule has 1 unspecified atom stereocenters. The number of H-pyrrole nitrogens is 1. The molecule has 3 fully saturated rings. The molecule has 1 saturated heterocycles. The monoisotopic (exact) mass is 563 g/mol. The number of nitrogens with one attached hydrogen (secondary N) is 3. The number of hydrogen-bond acceptors (Lipinski definition) is 7. The van der Waals surface area contributed by atoms with Crippen LogP contribution in [0.25, 0.3) is 22.2 Å². The molecule has 0 radical (unpaired) electrons. The molecule has 11 heteroatoms. The number of fused-ring (bicyclic) bond motifs is 2. The van der Waals surface area contributed by atoms with Crippen molar-refractivity contribution in [1.29, 1.82) is 0 Å². The lowest BCUT2D eigenvalue weighted by molar-refractivity contribution is -0.136. The Balaban J connectivity index is 0.921. The summed E-state index contributed by atoms with van der Waals surface area (Å²) in [5.74, 6) is -1.02. The summed E-state index contributed by atoms with van der Waals surface area (Å²) in [6, 6.07) is 8.68. The van der Waals surface area contributed by atoms with Crippen LogP contribution in [0.5, 0.6) is 0 Å². The minimum Gasteiger partial charge on any atom is -0.385 e. The number of benzene rings is 1. The number of rotatable bonds is 7. The molecule has 2 aliphatic carbocycles. The van der Waals surface area contributed by atoms with Crippen molar-refractivity contribution in [2.45, 2.75) is 56.5 Å². The lowest BCUT2D eigenvalue weighted by atomic mass is 9.80. The second-order valence-electron chi connectivity index (χ2n) is 11.9. The fraction of sp³-hybridized carbons (Fsp3) is 0.355. The summed E-state index contributed by atoms with van der Waals surface area (Å²) >= 11 is 0. The van der Waals surface area contributed by atoms with Crippen LogP contribution < -0.4 is 10.6 Å². The highest BCUT2D eigenvalue weighted by Gasteiger charge is 2.44. The summed E-state index contributed by atoms with van der Waals surface area (Å²) in [7, 11) is 0. The van der Waals surface area contributed by atoms with Crippen molar-refractivity contribution in [3.8, 4) is 11.3 Å². The number of anilines is 1. The number of pyridine rings is 1. The Morgan fingerprint density at radius 1 is 0.952 bits per heavy atom. The number of imide groups is 2. The lowest BCUT2D eigenvalue weighted by Gasteiger charge is -2.35. The summed E-state index contributed by atoms with van der Waals surface area (Å²) in [5, 5.41) is 11.8.